The predicted octanol–water partition coefficient (Wildman–Crippen LogP) is -0.0382. The van der Waals surface area contributed by atoms with Crippen LogP contribution in [-0.2, 0) is 9.53 Å². The van der Waals surface area contributed by atoms with Gasteiger partial charge in [0.05, 0.1) is 13.2 Å². The quantitative estimate of drug-likeness (QED) is 0.387. The molecule has 2 aliphatic rings. The summed E-state index contributed by atoms with van der Waals surface area (Å²) in [5.41, 5.74) is 7.10. The molecule has 28 heavy (non-hydrogen) atoms. The number of para-hydroxylation sites is 1. The summed E-state index contributed by atoms with van der Waals surface area (Å²) in [7, 11) is 0. The Balaban J connectivity index is 1.31. The fourth-order valence-electron chi connectivity index (χ4n) is 3.51. The number of nitrogens with two attached hydrogens (primary N) is 1. The molecule has 3 rings (SSSR count). The van der Waals surface area contributed by atoms with Gasteiger partial charge in [0.15, 0.2) is 5.96 Å². The number of ether oxygens (including phenoxy) is 1. The van der Waals surface area contributed by atoms with Crippen LogP contribution in [0.25, 0.3) is 0 Å². The number of anilines is 1. The van der Waals surface area contributed by atoms with Gasteiger partial charge < -0.3 is 25.6 Å². The van der Waals surface area contributed by atoms with Gasteiger partial charge in [-0.15, -0.1) is 0 Å². The number of carbonyl (C=O) groups excluding carboxylic acids is 1. The summed E-state index contributed by atoms with van der Waals surface area (Å²) in [5.74, 6) is 0.379. The summed E-state index contributed by atoms with van der Waals surface area (Å²) < 4.78 is 5.34. The van der Waals surface area contributed by atoms with Crippen LogP contribution in [0.5, 0.6) is 0 Å². The van der Waals surface area contributed by atoms with E-state index >= 15 is 0 Å². The van der Waals surface area contributed by atoms with E-state index in [1.54, 1.807) is 0 Å². The number of aliphatic imine (C=N–C) groups is 1. The highest BCUT2D eigenvalue weighted by molar-refractivity contribution is 5.84. The highest BCUT2D eigenvalue weighted by Gasteiger charge is 2.20. The molecule has 154 valence electrons. The zero-order chi connectivity index (χ0) is 19.6. The number of rotatable bonds is 7. The summed E-state index contributed by atoms with van der Waals surface area (Å²) in [6.07, 6.45) is 0.992. The van der Waals surface area contributed by atoms with Gasteiger partial charge in [0.1, 0.15) is 6.54 Å². The second-order valence-electron chi connectivity index (χ2n) is 7.14. The third-order valence-electron chi connectivity index (χ3n) is 5.20. The number of hydrogen-bond donors (Lipinski definition) is 2. The number of carbonyl (C=O) groups is 1. The van der Waals surface area contributed by atoms with E-state index < -0.39 is 0 Å². The van der Waals surface area contributed by atoms with Crippen molar-refractivity contribution >= 4 is 17.6 Å². The standard InChI is InChI=1S/C20H32N6O2/c21-20(22-7-4-8-24-13-15-28-16-14-24)23-17-19(27)26-11-9-25(10-12-26)18-5-2-1-3-6-18/h1-3,5-6H,4,7-17H2,(H3,21,22,23). The van der Waals surface area contributed by atoms with Gasteiger partial charge in [-0.25, -0.2) is 4.99 Å². The van der Waals surface area contributed by atoms with E-state index in [-0.39, 0.29) is 12.5 Å². The third kappa shape index (κ3) is 6.38. The molecule has 0 atom stereocenters. The highest BCUT2D eigenvalue weighted by atomic mass is 16.5. The number of nitrogens with zero attached hydrogens (tertiary/aromatic N) is 4. The van der Waals surface area contributed by atoms with Crippen LogP contribution < -0.4 is 16.0 Å². The molecule has 1 amide bonds. The normalized spacial score (nSPS) is 18.9. The minimum absolute atomic E-state index is 0.0331. The Kier molecular flexibility index (Phi) is 7.93. The van der Waals surface area contributed by atoms with Crippen LogP contribution in [0.2, 0.25) is 0 Å². The molecule has 0 unspecified atom stereocenters. The third-order valence-corrected chi connectivity index (χ3v) is 5.20. The second-order valence-corrected chi connectivity index (χ2v) is 7.14. The Morgan fingerprint density at radius 2 is 1.79 bits per heavy atom. The first kappa shape index (κ1) is 20.4. The Labute approximate surface area is 167 Å². The Hall–Kier alpha value is -2.32. The van der Waals surface area contributed by atoms with Gasteiger partial charge in [-0.05, 0) is 25.1 Å². The zero-order valence-electron chi connectivity index (χ0n) is 16.6. The van der Waals surface area contributed by atoms with Gasteiger partial charge in [0.25, 0.3) is 0 Å². The summed E-state index contributed by atoms with van der Waals surface area (Å²) in [6, 6.07) is 10.3. The smallest absolute Gasteiger partial charge is 0.244 e. The molecule has 8 nitrogen and oxygen atoms in total. The molecule has 2 fully saturated rings. The predicted molar refractivity (Wildman–Crippen MR) is 112 cm³/mol. The molecule has 8 heteroatoms. The van der Waals surface area contributed by atoms with Crippen LogP contribution in [0.15, 0.2) is 35.3 Å². The molecule has 2 saturated heterocycles. The lowest BCUT2D eigenvalue weighted by Gasteiger charge is -2.36. The van der Waals surface area contributed by atoms with Crippen molar-refractivity contribution in [2.24, 2.45) is 10.7 Å². The highest BCUT2D eigenvalue weighted by Crippen LogP contribution is 2.15. The second kappa shape index (κ2) is 10.9. The van der Waals surface area contributed by atoms with E-state index in [9.17, 15) is 4.79 Å². The Bertz CT molecular complexity index is 625. The van der Waals surface area contributed by atoms with Crippen molar-refractivity contribution < 1.29 is 9.53 Å². The van der Waals surface area contributed by atoms with E-state index in [1.807, 2.05) is 23.1 Å². The molecule has 1 aromatic rings. The molecule has 0 radical (unpaired) electrons. The number of amides is 1. The minimum atomic E-state index is 0.0331. The molecule has 2 heterocycles. The first-order chi connectivity index (χ1) is 13.7. The lowest BCUT2D eigenvalue weighted by molar-refractivity contribution is -0.129. The van der Waals surface area contributed by atoms with Crippen LogP contribution >= 0.6 is 0 Å². The van der Waals surface area contributed by atoms with E-state index in [0.717, 1.165) is 72.0 Å². The average molecular weight is 389 g/mol. The fourth-order valence-corrected chi connectivity index (χ4v) is 3.51. The molecular formula is C20H32N6O2. The SMILES string of the molecule is NC(=NCC(=O)N1CCN(c2ccccc2)CC1)NCCCN1CCOCC1. The van der Waals surface area contributed by atoms with Crippen molar-refractivity contribution in [1.82, 2.24) is 15.1 Å². The molecule has 0 spiro atoms. The molecule has 0 aliphatic carbocycles. The Morgan fingerprint density at radius 1 is 1.07 bits per heavy atom. The largest absolute Gasteiger partial charge is 0.379 e. The summed E-state index contributed by atoms with van der Waals surface area (Å²) >= 11 is 0. The number of guanidine groups is 1. The number of nitrogens with one attached hydrogen (secondary N) is 1. The van der Waals surface area contributed by atoms with Gasteiger partial charge >= 0.3 is 0 Å². The van der Waals surface area contributed by atoms with Crippen molar-refractivity contribution in [3.63, 3.8) is 0 Å². The molecule has 0 bridgehead atoms. The van der Waals surface area contributed by atoms with E-state index in [0.29, 0.717) is 5.96 Å². The lowest BCUT2D eigenvalue weighted by Crippen LogP contribution is -2.49. The topological polar surface area (TPSA) is 86.4 Å². The van der Waals surface area contributed by atoms with E-state index in [1.165, 1.54) is 5.69 Å². The molecule has 0 aromatic heterocycles. The van der Waals surface area contributed by atoms with Gasteiger partial charge in [-0.3, -0.25) is 9.69 Å². The molecular weight excluding hydrogens is 356 g/mol. The first-order valence-electron chi connectivity index (χ1n) is 10.1. The van der Waals surface area contributed by atoms with Crippen LogP contribution in [0, 0.1) is 0 Å². The van der Waals surface area contributed by atoms with Crippen molar-refractivity contribution in [2.45, 2.75) is 6.42 Å². The maximum absolute atomic E-state index is 12.4. The number of benzene rings is 1. The maximum Gasteiger partial charge on any atom is 0.244 e. The zero-order valence-corrected chi connectivity index (χ0v) is 16.6. The monoisotopic (exact) mass is 388 g/mol. The average Bonchev–Trinajstić information content (AvgIpc) is 2.76. The van der Waals surface area contributed by atoms with Crippen LogP contribution in [0.1, 0.15) is 6.42 Å². The Morgan fingerprint density at radius 3 is 2.50 bits per heavy atom. The maximum atomic E-state index is 12.4. The molecule has 1 aromatic carbocycles. The van der Waals surface area contributed by atoms with Crippen LogP contribution in [0.4, 0.5) is 5.69 Å². The van der Waals surface area contributed by atoms with Crippen molar-refractivity contribution in [3.05, 3.63) is 30.3 Å². The van der Waals surface area contributed by atoms with E-state index in [2.05, 4.69) is 32.2 Å². The lowest BCUT2D eigenvalue weighted by atomic mass is 10.2. The number of piperazine rings is 1. The van der Waals surface area contributed by atoms with Gasteiger partial charge in [-0.1, -0.05) is 18.2 Å². The van der Waals surface area contributed by atoms with Crippen molar-refractivity contribution in [3.8, 4) is 0 Å². The van der Waals surface area contributed by atoms with E-state index in [4.69, 9.17) is 10.5 Å². The molecule has 0 saturated carbocycles. The fraction of sp³-hybridized carbons (Fsp3) is 0.600. The number of morpholine rings is 1. The summed E-state index contributed by atoms with van der Waals surface area (Å²) in [4.78, 5) is 23.1. The van der Waals surface area contributed by atoms with Crippen molar-refractivity contribution in [2.75, 3.05) is 77.0 Å². The summed E-state index contributed by atoms with van der Waals surface area (Å²) in [6.45, 7) is 8.64. The van der Waals surface area contributed by atoms with Gasteiger partial charge in [0.2, 0.25) is 5.91 Å². The minimum Gasteiger partial charge on any atom is -0.379 e. The summed E-state index contributed by atoms with van der Waals surface area (Å²) in [5, 5.41) is 3.10. The van der Waals surface area contributed by atoms with Gasteiger partial charge in [-0.2, -0.15) is 0 Å². The molecule has 3 N–H and O–H groups in total. The van der Waals surface area contributed by atoms with Crippen LogP contribution in [0.3, 0.4) is 0 Å². The number of hydrogen-bond acceptors (Lipinski definition) is 5. The van der Waals surface area contributed by atoms with Gasteiger partial charge in [0, 0.05) is 51.5 Å². The molecule has 2 aliphatic heterocycles. The van der Waals surface area contributed by atoms with Crippen molar-refractivity contribution in [1.29, 1.82) is 0 Å². The van der Waals surface area contributed by atoms with Crippen LogP contribution in [-0.4, -0.2) is 93.8 Å². The first-order valence-corrected chi connectivity index (χ1v) is 10.1.